The van der Waals surface area contributed by atoms with Crippen LogP contribution in [0.2, 0.25) is 0 Å². The maximum atomic E-state index is 12.9. The van der Waals surface area contributed by atoms with E-state index in [0.717, 1.165) is 38.5 Å². The van der Waals surface area contributed by atoms with Gasteiger partial charge in [-0.3, -0.25) is 14.1 Å². The average Bonchev–Trinajstić information content (AvgIpc) is 3.27. The number of carbonyl (C=O) groups excluding carboxylic acids is 2. The van der Waals surface area contributed by atoms with Crippen molar-refractivity contribution < 1.29 is 56.8 Å². The third-order valence-corrected chi connectivity index (χ3v) is 13.3. The summed E-state index contributed by atoms with van der Waals surface area (Å²) in [5.74, 6) is -1.96. The van der Waals surface area contributed by atoms with E-state index in [0.29, 0.717) is 12.8 Å². The molecule has 1 fully saturated rings. The monoisotopic (exact) mass is 947 g/mol. The van der Waals surface area contributed by atoms with Crippen LogP contribution in [0.1, 0.15) is 251 Å². The number of aliphatic hydroxyl groups excluding tert-OH is 3. The van der Waals surface area contributed by atoms with Crippen molar-refractivity contribution in [3.63, 3.8) is 0 Å². The zero-order valence-electron chi connectivity index (χ0n) is 41.4. The molecular weight excluding hydrogens is 849 g/mol. The van der Waals surface area contributed by atoms with Gasteiger partial charge in [-0.1, -0.05) is 212 Å². The van der Waals surface area contributed by atoms with Gasteiger partial charge in [0, 0.05) is 12.8 Å². The third-order valence-electron chi connectivity index (χ3n) is 12.6. The van der Waals surface area contributed by atoms with Gasteiger partial charge in [0.25, 0.3) is 10.1 Å². The number of allylic oxidation sites excluding steroid dienone is 2. The van der Waals surface area contributed by atoms with Crippen LogP contribution < -0.4 is 0 Å². The van der Waals surface area contributed by atoms with E-state index >= 15 is 0 Å². The molecule has 1 aliphatic heterocycles. The molecule has 4 N–H and O–H groups in total. The summed E-state index contributed by atoms with van der Waals surface area (Å²) in [7, 11) is -4.60. The minimum Gasteiger partial charge on any atom is -0.462 e. The minimum atomic E-state index is -4.60. The van der Waals surface area contributed by atoms with Crippen molar-refractivity contribution in [2.45, 2.75) is 288 Å². The normalized spacial score (nSPS) is 19.5. The second-order valence-corrected chi connectivity index (χ2v) is 20.4. The Kier molecular flexibility index (Phi) is 40.1. The minimum absolute atomic E-state index is 0.171. The van der Waals surface area contributed by atoms with Gasteiger partial charge in [-0.15, -0.1) is 0 Å². The van der Waals surface area contributed by atoms with Crippen LogP contribution >= 0.6 is 0 Å². The van der Waals surface area contributed by atoms with Crippen molar-refractivity contribution >= 4 is 22.1 Å². The predicted molar refractivity (Wildman–Crippen MR) is 261 cm³/mol. The van der Waals surface area contributed by atoms with Crippen LogP contribution in [-0.4, -0.2) is 96.0 Å². The van der Waals surface area contributed by atoms with E-state index < -0.39 is 71.2 Å². The highest BCUT2D eigenvalue weighted by Crippen LogP contribution is 2.24. The zero-order chi connectivity index (χ0) is 47.6. The van der Waals surface area contributed by atoms with Gasteiger partial charge < -0.3 is 34.3 Å². The number of aliphatic hydroxyl groups is 3. The molecule has 13 heteroatoms. The Balaban J connectivity index is 2.33. The van der Waals surface area contributed by atoms with Crippen molar-refractivity contribution in [3.05, 3.63) is 12.2 Å². The summed E-state index contributed by atoms with van der Waals surface area (Å²) >= 11 is 0. The fraction of sp³-hybridized carbons (Fsp3) is 0.923. The van der Waals surface area contributed by atoms with E-state index in [1.165, 1.54) is 173 Å². The highest BCUT2D eigenvalue weighted by atomic mass is 32.2. The summed E-state index contributed by atoms with van der Waals surface area (Å²) in [5, 5.41) is 31.0. The third kappa shape index (κ3) is 37.0. The summed E-state index contributed by atoms with van der Waals surface area (Å²) in [6.45, 7) is 3.80. The van der Waals surface area contributed by atoms with Gasteiger partial charge in [0.05, 0.1) is 6.61 Å². The van der Waals surface area contributed by atoms with Crippen molar-refractivity contribution in [3.8, 4) is 0 Å². The number of hydrogen-bond donors (Lipinski definition) is 4. The second-order valence-electron chi connectivity index (χ2n) is 18.9. The number of carbonyl (C=O) groups is 2. The molecule has 0 amide bonds. The van der Waals surface area contributed by atoms with Gasteiger partial charge in [-0.2, -0.15) is 8.42 Å². The van der Waals surface area contributed by atoms with Crippen LogP contribution in [0.5, 0.6) is 0 Å². The number of rotatable bonds is 46. The molecule has 1 saturated heterocycles. The van der Waals surface area contributed by atoms with E-state index in [2.05, 4.69) is 26.0 Å². The van der Waals surface area contributed by atoms with Crippen LogP contribution in [0.15, 0.2) is 12.2 Å². The van der Waals surface area contributed by atoms with Crippen LogP contribution in [0.25, 0.3) is 0 Å². The molecule has 0 spiro atoms. The Morgan fingerprint density at radius 3 is 1.28 bits per heavy atom. The molecule has 0 radical (unpaired) electrons. The van der Waals surface area contributed by atoms with Gasteiger partial charge in [0.15, 0.2) is 12.4 Å². The molecule has 0 aromatic rings. The quantitative estimate of drug-likeness (QED) is 0.0196. The number of unbranched alkanes of at least 4 members (excludes halogenated alkanes) is 32. The molecule has 1 heterocycles. The molecule has 0 aromatic carbocycles. The number of ether oxygens (including phenoxy) is 4. The lowest BCUT2D eigenvalue weighted by Crippen LogP contribution is -2.60. The van der Waals surface area contributed by atoms with Crippen LogP contribution in [0.4, 0.5) is 0 Å². The summed E-state index contributed by atoms with van der Waals surface area (Å²) in [6.07, 6.45) is 38.2. The molecule has 1 aliphatic rings. The van der Waals surface area contributed by atoms with Gasteiger partial charge in [-0.25, -0.2) is 0 Å². The SMILES string of the molecule is CCCCCCCC/C=C/CCCCCCCCCCCCCC(=O)OC[C@H](CO[C@H]1O[C@H](CS(=O)(=O)O)[C@@H](O)C(O)C1O)OC(=O)CCCCCCCCCCCCCCCCCC. The fourth-order valence-electron chi connectivity index (χ4n) is 8.44. The second kappa shape index (κ2) is 42.5. The standard InChI is InChI=1S/C52H98O12S/c1-3-5-7-9-11-13-15-17-19-21-22-23-24-25-27-28-30-32-34-36-38-40-47(53)61-42-45(43-62-52-51(57)50(56)49(55)46(64-52)44-65(58,59)60)63-48(54)41-39-37-35-33-31-29-26-20-18-16-14-12-10-8-6-4-2/h17,19,45-46,49-52,55-57H,3-16,18,20-44H2,1-2H3,(H,58,59,60)/b19-17+/t45-,46-,49-,50?,51?,52+/m1/s1. The van der Waals surface area contributed by atoms with E-state index in [1.54, 1.807) is 0 Å². The molecule has 384 valence electrons. The molecule has 0 bridgehead atoms. The number of hydrogen-bond acceptors (Lipinski definition) is 11. The average molecular weight is 947 g/mol. The first-order valence-corrected chi connectivity index (χ1v) is 28.4. The molecule has 12 nitrogen and oxygen atoms in total. The lowest BCUT2D eigenvalue weighted by atomic mass is 10.00. The molecule has 2 unspecified atom stereocenters. The van der Waals surface area contributed by atoms with Gasteiger partial charge in [-0.05, 0) is 38.5 Å². The number of esters is 2. The first kappa shape index (κ1) is 61.4. The molecular formula is C52H98O12S. The van der Waals surface area contributed by atoms with Crippen LogP contribution in [0, 0.1) is 0 Å². The molecule has 0 aliphatic carbocycles. The first-order chi connectivity index (χ1) is 31.5. The lowest BCUT2D eigenvalue weighted by molar-refractivity contribution is -0.297. The predicted octanol–water partition coefficient (Wildman–Crippen LogP) is 12.2. The van der Waals surface area contributed by atoms with E-state index in [9.17, 15) is 37.9 Å². The Bertz CT molecular complexity index is 1250. The summed E-state index contributed by atoms with van der Waals surface area (Å²) in [5.41, 5.74) is 0. The van der Waals surface area contributed by atoms with E-state index in [-0.39, 0.29) is 19.4 Å². The van der Waals surface area contributed by atoms with Crippen molar-refractivity contribution in [1.29, 1.82) is 0 Å². The van der Waals surface area contributed by atoms with E-state index in [4.69, 9.17) is 18.9 Å². The Morgan fingerprint density at radius 1 is 0.508 bits per heavy atom. The lowest BCUT2D eigenvalue weighted by Gasteiger charge is -2.40. The van der Waals surface area contributed by atoms with Crippen LogP contribution in [0.3, 0.4) is 0 Å². The van der Waals surface area contributed by atoms with Gasteiger partial charge in [0.2, 0.25) is 0 Å². The Hall–Kier alpha value is -1.61. The summed E-state index contributed by atoms with van der Waals surface area (Å²) < 4.78 is 54.3. The van der Waals surface area contributed by atoms with Crippen LogP contribution in [-0.2, 0) is 38.7 Å². The smallest absolute Gasteiger partial charge is 0.306 e. The molecule has 6 atom stereocenters. The molecule has 0 aromatic heterocycles. The van der Waals surface area contributed by atoms with Crippen molar-refractivity contribution in [2.75, 3.05) is 19.0 Å². The largest absolute Gasteiger partial charge is 0.462 e. The summed E-state index contributed by atoms with van der Waals surface area (Å²) in [4.78, 5) is 25.5. The maximum Gasteiger partial charge on any atom is 0.306 e. The van der Waals surface area contributed by atoms with E-state index in [1.807, 2.05) is 0 Å². The highest BCUT2D eigenvalue weighted by molar-refractivity contribution is 7.85. The Morgan fingerprint density at radius 2 is 0.877 bits per heavy atom. The zero-order valence-corrected chi connectivity index (χ0v) is 42.2. The van der Waals surface area contributed by atoms with Gasteiger partial charge in [0.1, 0.15) is 36.8 Å². The highest BCUT2D eigenvalue weighted by Gasteiger charge is 2.46. The first-order valence-electron chi connectivity index (χ1n) is 26.7. The molecule has 65 heavy (non-hydrogen) atoms. The fourth-order valence-corrected chi connectivity index (χ4v) is 9.13. The maximum absolute atomic E-state index is 12.9. The topological polar surface area (TPSA) is 186 Å². The summed E-state index contributed by atoms with van der Waals surface area (Å²) in [6, 6.07) is 0. The Labute approximate surface area is 396 Å². The molecule has 0 saturated carbocycles. The van der Waals surface area contributed by atoms with Crippen molar-refractivity contribution in [2.24, 2.45) is 0 Å². The van der Waals surface area contributed by atoms with Gasteiger partial charge >= 0.3 is 11.9 Å². The van der Waals surface area contributed by atoms with Crippen molar-refractivity contribution in [1.82, 2.24) is 0 Å². The molecule has 1 rings (SSSR count).